The summed E-state index contributed by atoms with van der Waals surface area (Å²) in [5, 5.41) is 11.4. The molecule has 0 radical (unpaired) electrons. The molecule has 3 rings (SSSR count). The molecule has 2 aliphatic heterocycles. The summed E-state index contributed by atoms with van der Waals surface area (Å²) in [6, 6.07) is 0.852. The van der Waals surface area contributed by atoms with E-state index in [9.17, 15) is 14.7 Å². The Morgan fingerprint density at radius 3 is 3.00 bits per heavy atom. The molecule has 20 heavy (non-hydrogen) atoms. The van der Waals surface area contributed by atoms with Crippen LogP contribution in [0.3, 0.4) is 0 Å². The van der Waals surface area contributed by atoms with Gasteiger partial charge in [0.1, 0.15) is 5.54 Å². The minimum Gasteiger partial charge on any atom is -0.479 e. The van der Waals surface area contributed by atoms with Crippen LogP contribution in [0.2, 0.25) is 0 Å². The van der Waals surface area contributed by atoms with Crippen molar-refractivity contribution < 1.29 is 19.4 Å². The number of carboxylic acids is 1. The smallest absolute Gasteiger partial charge is 0.331 e. The number of nitrogens with two attached hydrogens (primary N) is 1. The molecular weight excluding hydrogens is 280 g/mol. The molecule has 1 aromatic heterocycles. The molecule has 0 saturated carbocycles. The van der Waals surface area contributed by atoms with E-state index in [1.54, 1.807) is 6.07 Å². The first-order valence-corrected chi connectivity index (χ1v) is 7.38. The molecule has 0 bridgehead atoms. The minimum absolute atomic E-state index is 0.158. The lowest BCUT2D eigenvalue weighted by Gasteiger charge is -2.37. The highest BCUT2D eigenvalue weighted by atomic mass is 32.1. The molecule has 1 fully saturated rings. The van der Waals surface area contributed by atoms with Gasteiger partial charge in [0.05, 0.1) is 6.61 Å². The molecule has 3 heterocycles. The van der Waals surface area contributed by atoms with Crippen LogP contribution in [0.4, 0.5) is 0 Å². The van der Waals surface area contributed by atoms with Crippen molar-refractivity contribution in [1.82, 2.24) is 4.90 Å². The number of hydrogen-bond donors (Lipinski definition) is 2. The van der Waals surface area contributed by atoms with E-state index >= 15 is 0 Å². The molecule has 1 saturated heterocycles. The molecule has 7 heteroatoms. The number of carbonyl (C=O) groups is 2. The summed E-state index contributed by atoms with van der Waals surface area (Å²) in [6.07, 6.45) is 1.12. The highest BCUT2D eigenvalue weighted by Crippen LogP contribution is 2.35. The van der Waals surface area contributed by atoms with Gasteiger partial charge in [-0.1, -0.05) is 0 Å². The highest BCUT2D eigenvalue weighted by Gasteiger charge is 2.46. The van der Waals surface area contributed by atoms with Crippen molar-refractivity contribution in [1.29, 1.82) is 0 Å². The predicted molar refractivity (Wildman–Crippen MR) is 72.5 cm³/mol. The van der Waals surface area contributed by atoms with E-state index in [2.05, 4.69) is 0 Å². The number of ether oxygens (including phenoxy) is 1. The van der Waals surface area contributed by atoms with Gasteiger partial charge in [0, 0.05) is 18.0 Å². The van der Waals surface area contributed by atoms with Crippen LogP contribution in [0.1, 0.15) is 22.9 Å². The van der Waals surface area contributed by atoms with Crippen LogP contribution in [0, 0.1) is 0 Å². The number of fused-ring (bicyclic) bond motifs is 1. The van der Waals surface area contributed by atoms with E-state index in [-0.39, 0.29) is 12.5 Å². The summed E-state index contributed by atoms with van der Waals surface area (Å²) in [7, 11) is 0. The van der Waals surface area contributed by atoms with E-state index in [0.29, 0.717) is 31.6 Å². The van der Waals surface area contributed by atoms with Gasteiger partial charge in [0.15, 0.2) is 6.04 Å². The molecule has 1 amide bonds. The fourth-order valence-electron chi connectivity index (χ4n) is 2.84. The quantitative estimate of drug-likeness (QED) is 0.823. The van der Waals surface area contributed by atoms with Crippen molar-refractivity contribution in [3.63, 3.8) is 0 Å². The molecule has 3 N–H and O–H groups in total. The molecule has 108 valence electrons. The molecule has 2 atom stereocenters. The third-order valence-corrected chi connectivity index (χ3v) is 4.94. The van der Waals surface area contributed by atoms with Crippen molar-refractivity contribution in [2.75, 3.05) is 19.8 Å². The Labute approximate surface area is 120 Å². The van der Waals surface area contributed by atoms with E-state index in [1.807, 2.05) is 5.38 Å². The number of carboxylic acid groups (broad SMARTS) is 1. The minimum atomic E-state index is -1.08. The first kappa shape index (κ1) is 13.5. The van der Waals surface area contributed by atoms with Gasteiger partial charge in [-0.05, 0) is 29.9 Å². The van der Waals surface area contributed by atoms with Crippen LogP contribution in [0.5, 0.6) is 0 Å². The second kappa shape index (κ2) is 4.83. The van der Waals surface area contributed by atoms with Gasteiger partial charge in [-0.25, -0.2) is 4.79 Å². The topological polar surface area (TPSA) is 92.9 Å². The summed E-state index contributed by atoms with van der Waals surface area (Å²) in [4.78, 5) is 26.6. The summed E-state index contributed by atoms with van der Waals surface area (Å²) >= 11 is 1.53. The number of carbonyl (C=O) groups excluding carboxylic acids is 1. The van der Waals surface area contributed by atoms with Crippen molar-refractivity contribution in [2.45, 2.75) is 24.4 Å². The molecule has 6 nitrogen and oxygen atoms in total. The maximum atomic E-state index is 12.6. The zero-order valence-electron chi connectivity index (χ0n) is 10.9. The van der Waals surface area contributed by atoms with Gasteiger partial charge >= 0.3 is 5.97 Å². The van der Waals surface area contributed by atoms with Crippen LogP contribution >= 0.6 is 11.3 Å². The maximum absolute atomic E-state index is 12.6. The highest BCUT2D eigenvalue weighted by molar-refractivity contribution is 7.10. The van der Waals surface area contributed by atoms with Crippen LogP contribution in [0.15, 0.2) is 11.4 Å². The van der Waals surface area contributed by atoms with Gasteiger partial charge in [-0.15, -0.1) is 11.3 Å². The third kappa shape index (κ3) is 2.02. The van der Waals surface area contributed by atoms with E-state index < -0.39 is 17.6 Å². The van der Waals surface area contributed by atoms with E-state index in [0.717, 1.165) is 4.88 Å². The standard InChI is InChI=1S/C13H16N2O4S/c14-13(3-5-19-7-13)12(18)15-4-1-9-8(2-6-20-9)10(15)11(16)17/h2,6,10H,1,3-5,7,14H2,(H,16,17). The Balaban J connectivity index is 1.93. The Kier molecular flexibility index (Phi) is 3.27. The number of rotatable bonds is 2. The lowest BCUT2D eigenvalue weighted by Crippen LogP contribution is -2.58. The average molecular weight is 296 g/mol. The van der Waals surface area contributed by atoms with Crippen LogP contribution < -0.4 is 5.73 Å². The van der Waals surface area contributed by atoms with E-state index in [1.165, 1.54) is 16.2 Å². The normalized spacial score (nSPS) is 29.2. The first-order chi connectivity index (χ1) is 9.53. The molecule has 1 aromatic rings. The predicted octanol–water partition coefficient (Wildman–Crippen LogP) is 0.376. The second-order valence-electron chi connectivity index (χ2n) is 5.25. The van der Waals surface area contributed by atoms with Crippen molar-refractivity contribution in [3.05, 3.63) is 21.9 Å². The fraction of sp³-hybridized carbons (Fsp3) is 0.538. The largest absolute Gasteiger partial charge is 0.479 e. The van der Waals surface area contributed by atoms with Crippen LogP contribution in [-0.2, 0) is 20.7 Å². The lowest BCUT2D eigenvalue weighted by atomic mass is 9.93. The number of thiophene rings is 1. The molecule has 2 unspecified atom stereocenters. The van der Waals surface area contributed by atoms with Crippen molar-refractivity contribution >= 4 is 23.2 Å². The maximum Gasteiger partial charge on any atom is 0.331 e. The summed E-state index contributed by atoms with van der Waals surface area (Å²) in [6.45, 7) is 0.991. The Morgan fingerprint density at radius 1 is 1.55 bits per heavy atom. The van der Waals surface area contributed by atoms with E-state index in [4.69, 9.17) is 10.5 Å². The summed E-state index contributed by atoms with van der Waals surface area (Å²) in [5.41, 5.74) is 5.72. The Bertz CT molecular complexity index is 550. The summed E-state index contributed by atoms with van der Waals surface area (Å²) in [5.74, 6) is -1.33. The van der Waals surface area contributed by atoms with Gasteiger partial charge in [-0.2, -0.15) is 0 Å². The third-order valence-electron chi connectivity index (χ3n) is 3.94. The summed E-state index contributed by atoms with van der Waals surface area (Å²) < 4.78 is 5.20. The van der Waals surface area contributed by atoms with Crippen LogP contribution in [-0.4, -0.2) is 47.2 Å². The van der Waals surface area contributed by atoms with Gasteiger partial charge in [0.2, 0.25) is 5.91 Å². The SMILES string of the molecule is NC1(C(=O)N2CCc3sccc3C2C(=O)O)CCOC1. The second-order valence-corrected chi connectivity index (χ2v) is 6.25. The molecule has 0 spiro atoms. The number of hydrogen-bond acceptors (Lipinski definition) is 5. The van der Waals surface area contributed by atoms with Gasteiger partial charge in [0.25, 0.3) is 0 Å². The lowest BCUT2D eigenvalue weighted by molar-refractivity contribution is -0.153. The fourth-order valence-corrected chi connectivity index (χ4v) is 3.74. The first-order valence-electron chi connectivity index (χ1n) is 6.50. The number of amides is 1. The average Bonchev–Trinajstić information content (AvgIpc) is 3.05. The molecular formula is C13H16N2O4S. The van der Waals surface area contributed by atoms with Crippen molar-refractivity contribution in [2.24, 2.45) is 5.73 Å². The van der Waals surface area contributed by atoms with Gasteiger partial charge < -0.3 is 20.5 Å². The zero-order chi connectivity index (χ0) is 14.3. The Morgan fingerprint density at radius 2 is 2.35 bits per heavy atom. The number of nitrogens with zero attached hydrogens (tertiary/aromatic N) is 1. The Hall–Kier alpha value is -1.44. The zero-order valence-corrected chi connectivity index (χ0v) is 11.7. The molecule has 2 aliphatic rings. The molecule has 0 aliphatic carbocycles. The van der Waals surface area contributed by atoms with Crippen LogP contribution in [0.25, 0.3) is 0 Å². The van der Waals surface area contributed by atoms with Crippen molar-refractivity contribution in [3.8, 4) is 0 Å². The number of aliphatic carboxylic acids is 1. The van der Waals surface area contributed by atoms with Gasteiger partial charge in [-0.3, -0.25) is 4.79 Å². The molecule has 0 aromatic carbocycles. The monoisotopic (exact) mass is 296 g/mol.